The number of hydrogen-bond acceptors (Lipinski definition) is 1. The fourth-order valence-corrected chi connectivity index (χ4v) is 3.14. The fourth-order valence-electron chi connectivity index (χ4n) is 2.72. The summed E-state index contributed by atoms with van der Waals surface area (Å²) >= 11 is 4.80. The van der Waals surface area contributed by atoms with E-state index in [1.807, 2.05) is 0 Å². The molecular formula is C16H34S. The first-order valence-corrected chi connectivity index (χ1v) is 8.22. The predicted molar refractivity (Wildman–Crippen MR) is 83.9 cm³/mol. The third-order valence-corrected chi connectivity index (χ3v) is 4.65. The van der Waals surface area contributed by atoms with Crippen molar-refractivity contribution in [2.75, 3.05) is 0 Å². The first-order valence-electron chi connectivity index (χ1n) is 7.70. The Bertz CT molecular complexity index is 165. The van der Waals surface area contributed by atoms with Gasteiger partial charge in [0, 0.05) is 5.25 Å². The maximum absolute atomic E-state index is 4.80. The van der Waals surface area contributed by atoms with E-state index < -0.39 is 0 Å². The molecule has 0 heterocycles. The van der Waals surface area contributed by atoms with Gasteiger partial charge in [-0.3, -0.25) is 0 Å². The Balaban J connectivity index is 4.08. The van der Waals surface area contributed by atoms with Crippen molar-refractivity contribution in [2.45, 2.75) is 84.8 Å². The SMILES string of the molecule is CCCCCCC(C)C(CC(C)C)C(S)CC. The van der Waals surface area contributed by atoms with Crippen LogP contribution in [0.2, 0.25) is 0 Å². The average Bonchev–Trinajstić information content (AvgIpc) is 2.30. The molecule has 0 fully saturated rings. The van der Waals surface area contributed by atoms with Crippen molar-refractivity contribution in [3.63, 3.8) is 0 Å². The van der Waals surface area contributed by atoms with E-state index in [1.165, 1.54) is 44.9 Å². The maximum atomic E-state index is 4.80. The molecule has 0 saturated heterocycles. The highest BCUT2D eigenvalue weighted by Crippen LogP contribution is 2.31. The first-order chi connectivity index (χ1) is 8.02. The molecule has 1 heteroatoms. The first kappa shape index (κ1) is 17.4. The van der Waals surface area contributed by atoms with Crippen LogP contribution in [0.4, 0.5) is 0 Å². The van der Waals surface area contributed by atoms with Crippen LogP contribution in [-0.4, -0.2) is 5.25 Å². The molecule has 17 heavy (non-hydrogen) atoms. The molecule has 0 saturated carbocycles. The molecule has 0 rings (SSSR count). The van der Waals surface area contributed by atoms with Crippen molar-refractivity contribution < 1.29 is 0 Å². The van der Waals surface area contributed by atoms with Gasteiger partial charge in [-0.25, -0.2) is 0 Å². The van der Waals surface area contributed by atoms with Gasteiger partial charge >= 0.3 is 0 Å². The van der Waals surface area contributed by atoms with E-state index in [1.54, 1.807) is 0 Å². The minimum absolute atomic E-state index is 0.596. The van der Waals surface area contributed by atoms with Crippen molar-refractivity contribution >= 4 is 12.6 Å². The van der Waals surface area contributed by atoms with Crippen LogP contribution >= 0.6 is 12.6 Å². The van der Waals surface area contributed by atoms with Gasteiger partial charge in [0.25, 0.3) is 0 Å². The lowest BCUT2D eigenvalue weighted by Crippen LogP contribution is -2.24. The Morgan fingerprint density at radius 3 is 2.06 bits per heavy atom. The molecule has 3 unspecified atom stereocenters. The van der Waals surface area contributed by atoms with Gasteiger partial charge in [0.15, 0.2) is 0 Å². The molecule has 0 aliphatic heterocycles. The van der Waals surface area contributed by atoms with Gasteiger partial charge in [-0.2, -0.15) is 12.6 Å². The van der Waals surface area contributed by atoms with Crippen molar-refractivity contribution in [1.29, 1.82) is 0 Å². The van der Waals surface area contributed by atoms with Crippen LogP contribution < -0.4 is 0 Å². The van der Waals surface area contributed by atoms with Crippen molar-refractivity contribution in [3.05, 3.63) is 0 Å². The average molecular weight is 259 g/mol. The molecule has 0 aliphatic rings. The van der Waals surface area contributed by atoms with Crippen molar-refractivity contribution in [3.8, 4) is 0 Å². The highest BCUT2D eigenvalue weighted by Gasteiger charge is 2.23. The predicted octanol–water partition coefficient (Wildman–Crippen LogP) is 5.96. The third kappa shape index (κ3) is 8.13. The molecule has 0 nitrogen and oxygen atoms in total. The summed E-state index contributed by atoms with van der Waals surface area (Å²) in [5.41, 5.74) is 0. The van der Waals surface area contributed by atoms with E-state index in [9.17, 15) is 0 Å². The third-order valence-electron chi connectivity index (χ3n) is 3.90. The molecule has 3 atom stereocenters. The van der Waals surface area contributed by atoms with Crippen molar-refractivity contribution in [2.24, 2.45) is 17.8 Å². The molecule has 0 spiro atoms. The monoisotopic (exact) mass is 258 g/mol. The smallest absolute Gasteiger partial charge is 0.00451 e. The van der Waals surface area contributed by atoms with Gasteiger partial charge in [0.1, 0.15) is 0 Å². The number of hydrogen-bond donors (Lipinski definition) is 1. The fraction of sp³-hybridized carbons (Fsp3) is 1.00. The molecule has 0 aromatic carbocycles. The van der Waals surface area contributed by atoms with Crippen LogP contribution in [-0.2, 0) is 0 Å². The van der Waals surface area contributed by atoms with Crippen LogP contribution in [0, 0.1) is 17.8 Å². The van der Waals surface area contributed by atoms with E-state index in [0.29, 0.717) is 5.25 Å². The lowest BCUT2D eigenvalue weighted by molar-refractivity contribution is 0.269. The number of unbranched alkanes of at least 4 members (excludes halogenated alkanes) is 3. The van der Waals surface area contributed by atoms with Gasteiger partial charge in [0.05, 0.1) is 0 Å². The van der Waals surface area contributed by atoms with E-state index in [4.69, 9.17) is 12.6 Å². The van der Waals surface area contributed by atoms with E-state index in [0.717, 1.165) is 17.8 Å². The summed E-state index contributed by atoms with van der Waals surface area (Å²) in [7, 11) is 0. The van der Waals surface area contributed by atoms with E-state index in [2.05, 4.69) is 34.6 Å². The Labute approximate surface area is 115 Å². The normalized spacial score (nSPS) is 17.1. The summed E-state index contributed by atoms with van der Waals surface area (Å²) in [5, 5.41) is 0.596. The second-order valence-electron chi connectivity index (χ2n) is 6.10. The van der Waals surface area contributed by atoms with Crippen LogP contribution in [0.1, 0.15) is 79.6 Å². The van der Waals surface area contributed by atoms with Crippen LogP contribution in [0.25, 0.3) is 0 Å². The second-order valence-corrected chi connectivity index (χ2v) is 6.76. The summed E-state index contributed by atoms with van der Waals surface area (Å²) in [6.07, 6.45) is 9.52. The van der Waals surface area contributed by atoms with Crippen LogP contribution in [0.5, 0.6) is 0 Å². The molecule has 0 radical (unpaired) electrons. The molecule has 0 aromatic rings. The molecule has 0 aromatic heterocycles. The molecule has 0 N–H and O–H groups in total. The maximum Gasteiger partial charge on any atom is 0.00451 e. The number of rotatable bonds is 10. The Morgan fingerprint density at radius 1 is 0.941 bits per heavy atom. The summed E-state index contributed by atoms with van der Waals surface area (Å²) in [4.78, 5) is 0. The lowest BCUT2D eigenvalue weighted by atomic mass is 9.80. The standard InChI is InChI=1S/C16H34S/c1-6-8-9-10-11-14(5)15(12-13(3)4)16(17)7-2/h13-17H,6-12H2,1-5H3. The van der Waals surface area contributed by atoms with Crippen LogP contribution in [0.3, 0.4) is 0 Å². The molecule has 0 aliphatic carbocycles. The summed E-state index contributed by atoms with van der Waals surface area (Å²) in [6, 6.07) is 0. The highest BCUT2D eigenvalue weighted by atomic mass is 32.1. The largest absolute Gasteiger partial charge is 0.176 e. The van der Waals surface area contributed by atoms with E-state index >= 15 is 0 Å². The Kier molecular flexibility index (Phi) is 10.5. The molecular weight excluding hydrogens is 224 g/mol. The van der Waals surface area contributed by atoms with Gasteiger partial charge < -0.3 is 0 Å². The van der Waals surface area contributed by atoms with Gasteiger partial charge in [-0.1, -0.05) is 66.7 Å². The summed E-state index contributed by atoms with van der Waals surface area (Å²) in [5.74, 6) is 2.46. The quantitative estimate of drug-likeness (QED) is 0.362. The topological polar surface area (TPSA) is 0 Å². The summed E-state index contributed by atoms with van der Waals surface area (Å²) < 4.78 is 0. The zero-order valence-electron chi connectivity index (χ0n) is 12.7. The van der Waals surface area contributed by atoms with Gasteiger partial charge in [-0.05, 0) is 30.6 Å². The second kappa shape index (κ2) is 10.3. The molecule has 0 bridgehead atoms. The molecule has 104 valence electrons. The number of thiol groups is 1. The Morgan fingerprint density at radius 2 is 1.59 bits per heavy atom. The minimum atomic E-state index is 0.596. The summed E-state index contributed by atoms with van der Waals surface area (Å²) in [6.45, 7) is 11.7. The van der Waals surface area contributed by atoms with Crippen LogP contribution in [0.15, 0.2) is 0 Å². The highest BCUT2D eigenvalue weighted by molar-refractivity contribution is 7.81. The lowest BCUT2D eigenvalue weighted by Gasteiger charge is -2.30. The minimum Gasteiger partial charge on any atom is -0.176 e. The molecule has 0 amide bonds. The van der Waals surface area contributed by atoms with E-state index in [-0.39, 0.29) is 0 Å². The zero-order valence-corrected chi connectivity index (χ0v) is 13.6. The van der Waals surface area contributed by atoms with Crippen molar-refractivity contribution in [1.82, 2.24) is 0 Å². The Hall–Kier alpha value is 0.350. The van der Waals surface area contributed by atoms with Gasteiger partial charge in [-0.15, -0.1) is 0 Å². The zero-order chi connectivity index (χ0) is 13.3. The van der Waals surface area contributed by atoms with Gasteiger partial charge in [0.2, 0.25) is 0 Å².